The summed E-state index contributed by atoms with van der Waals surface area (Å²) in [4.78, 5) is 17.0. The maximum atomic E-state index is 12.6. The number of amides is 1. The van der Waals surface area contributed by atoms with E-state index in [9.17, 15) is 4.79 Å². The van der Waals surface area contributed by atoms with Gasteiger partial charge in [0.25, 0.3) is 0 Å². The third-order valence-electron chi connectivity index (χ3n) is 4.33. The Morgan fingerprint density at radius 3 is 2.62 bits per heavy atom. The molecule has 5 nitrogen and oxygen atoms in total. The molecule has 1 N–H and O–H groups in total. The number of ether oxygens (including phenoxy) is 2. The fourth-order valence-corrected chi connectivity index (χ4v) is 2.91. The molecule has 134 valence electrons. The number of rotatable bonds is 6. The minimum atomic E-state index is -0.202. The van der Waals surface area contributed by atoms with Crippen molar-refractivity contribution in [3.05, 3.63) is 60.3 Å². The van der Waals surface area contributed by atoms with Gasteiger partial charge >= 0.3 is 0 Å². The third kappa shape index (κ3) is 3.77. The molecule has 5 heteroatoms. The Bertz CT molecular complexity index is 919. The molecule has 0 aliphatic heterocycles. The van der Waals surface area contributed by atoms with Crippen molar-refractivity contribution >= 4 is 22.5 Å². The normalized spacial score (nSPS) is 11.8. The molecule has 0 saturated carbocycles. The summed E-state index contributed by atoms with van der Waals surface area (Å²) < 4.78 is 10.6. The van der Waals surface area contributed by atoms with Crippen LogP contribution in [0.1, 0.15) is 12.5 Å². The van der Waals surface area contributed by atoms with Crippen molar-refractivity contribution < 1.29 is 14.3 Å². The van der Waals surface area contributed by atoms with Crippen LogP contribution in [-0.2, 0) is 11.2 Å². The van der Waals surface area contributed by atoms with Gasteiger partial charge in [-0.1, -0.05) is 31.2 Å². The van der Waals surface area contributed by atoms with E-state index in [1.54, 1.807) is 20.4 Å². The lowest BCUT2D eigenvalue weighted by atomic mass is 9.99. The number of hydrogen-bond acceptors (Lipinski definition) is 4. The van der Waals surface area contributed by atoms with E-state index in [1.807, 2.05) is 55.5 Å². The van der Waals surface area contributed by atoms with Gasteiger partial charge in [-0.2, -0.15) is 0 Å². The topological polar surface area (TPSA) is 60.5 Å². The van der Waals surface area contributed by atoms with Crippen LogP contribution in [0.5, 0.6) is 11.5 Å². The van der Waals surface area contributed by atoms with Crippen molar-refractivity contribution in [1.29, 1.82) is 0 Å². The van der Waals surface area contributed by atoms with Crippen molar-refractivity contribution in [2.24, 2.45) is 5.92 Å². The summed E-state index contributed by atoms with van der Waals surface area (Å²) in [7, 11) is 3.21. The van der Waals surface area contributed by atoms with Crippen molar-refractivity contribution in [3.63, 3.8) is 0 Å². The zero-order chi connectivity index (χ0) is 18.5. The van der Waals surface area contributed by atoms with Crippen LogP contribution in [0.4, 0.5) is 5.69 Å². The smallest absolute Gasteiger partial charge is 0.227 e. The van der Waals surface area contributed by atoms with Gasteiger partial charge in [0.15, 0.2) is 11.5 Å². The molecule has 1 atom stereocenters. The molecule has 3 aromatic rings. The summed E-state index contributed by atoms with van der Waals surface area (Å²) in [6.45, 7) is 1.91. The van der Waals surface area contributed by atoms with E-state index in [4.69, 9.17) is 9.47 Å². The quantitative estimate of drug-likeness (QED) is 0.728. The van der Waals surface area contributed by atoms with Gasteiger partial charge in [-0.25, -0.2) is 0 Å². The van der Waals surface area contributed by atoms with Crippen molar-refractivity contribution in [2.45, 2.75) is 13.3 Å². The number of anilines is 1. The van der Waals surface area contributed by atoms with Crippen molar-refractivity contribution in [2.75, 3.05) is 19.5 Å². The first-order valence-electron chi connectivity index (χ1n) is 8.48. The maximum absolute atomic E-state index is 12.6. The Balaban J connectivity index is 1.74. The summed E-state index contributed by atoms with van der Waals surface area (Å²) >= 11 is 0. The molecular formula is C21H22N2O3. The Labute approximate surface area is 153 Å². The molecule has 1 aromatic heterocycles. The van der Waals surface area contributed by atoms with Gasteiger partial charge in [0.1, 0.15) is 0 Å². The average Bonchev–Trinajstić information content (AvgIpc) is 2.68. The number of nitrogens with one attached hydrogen (secondary N) is 1. The molecule has 1 unspecified atom stereocenters. The van der Waals surface area contributed by atoms with Gasteiger partial charge in [0.2, 0.25) is 5.91 Å². The molecule has 0 spiro atoms. The first kappa shape index (κ1) is 17.7. The Morgan fingerprint density at radius 2 is 1.85 bits per heavy atom. The van der Waals surface area contributed by atoms with Crippen molar-refractivity contribution in [3.8, 4) is 11.5 Å². The zero-order valence-corrected chi connectivity index (χ0v) is 15.2. The number of nitrogens with zero attached hydrogens (tertiary/aromatic N) is 1. The fraction of sp³-hybridized carbons (Fsp3) is 0.238. The van der Waals surface area contributed by atoms with E-state index in [0.717, 1.165) is 22.2 Å². The number of carbonyl (C=O) groups is 1. The highest BCUT2D eigenvalue weighted by atomic mass is 16.5. The monoisotopic (exact) mass is 350 g/mol. The molecule has 0 aliphatic carbocycles. The number of methoxy groups -OCH3 is 2. The number of fused-ring (bicyclic) bond motifs is 1. The van der Waals surface area contributed by atoms with Crippen LogP contribution in [0, 0.1) is 5.92 Å². The molecule has 0 fully saturated rings. The second-order valence-corrected chi connectivity index (χ2v) is 6.16. The summed E-state index contributed by atoms with van der Waals surface area (Å²) in [5.41, 5.74) is 2.54. The molecule has 1 amide bonds. The largest absolute Gasteiger partial charge is 0.493 e. The maximum Gasteiger partial charge on any atom is 0.227 e. The van der Waals surface area contributed by atoms with E-state index in [-0.39, 0.29) is 11.8 Å². The second-order valence-electron chi connectivity index (χ2n) is 6.16. The minimum Gasteiger partial charge on any atom is -0.493 e. The standard InChI is InChI=1S/C21H22N2O3/c1-14(12-15-9-10-18(25-2)19(13-15)26-3)21(24)23-17-8-4-6-16-7-5-11-22-20(16)17/h4-11,13-14H,12H2,1-3H3,(H,23,24). The molecular weight excluding hydrogens is 328 g/mol. The van der Waals surface area contributed by atoms with Crippen LogP contribution in [0.2, 0.25) is 0 Å². The van der Waals surface area contributed by atoms with Gasteiger partial charge in [-0.05, 0) is 36.2 Å². The molecule has 2 aromatic carbocycles. The molecule has 0 saturated heterocycles. The number of para-hydroxylation sites is 1. The predicted octanol–water partition coefficient (Wildman–Crippen LogP) is 4.07. The van der Waals surface area contributed by atoms with E-state index in [0.29, 0.717) is 17.9 Å². The van der Waals surface area contributed by atoms with Crippen LogP contribution in [-0.4, -0.2) is 25.1 Å². The van der Waals surface area contributed by atoms with Crippen LogP contribution in [0.15, 0.2) is 54.7 Å². The number of hydrogen-bond donors (Lipinski definition) is 1. The molecule has 0 bridgehead atoms. The lowest BCUT2D eigenvalue weighted by Crippen LogP contribution is -2.22. The van der Waals surface area contributed by atoms with Crippen molar-refractivity contribution in [1.82, 2.24) is 4.98 Å². The molecule has 0 radical (unpaired) electrons. The van der Waals surface area contributed by atoms with Gasteiger partial charge in [-0.3, -0.25) is 9.78 Å². The average molecular weight is 350 g/mol. The van der Waals surface area contributed by atoms with Crippen LogP contribution in [0.25, 0.3) is 10.9 Å². The number of pyridine rings is 1. The van der Waals surface area contributed by atoms with Gasteiger partial charge in [0.05, 0.1) is 25.4 Å². The van der Waals surface area contributed by atoms with Crippen LogP contribution < -0.4 is 14.8 Å². The lowest BCUT2D eigenvalue weighted by molar-refractivity contribution is -0.119. The molecule has 3 rings (SSSR count). The number of benzene rings is 2. The Kier molecular flexibility index (Phi) is 5.37. The number of carbonyl (C=O) groups excluding carboxylic acids is 1. The first-order chi connectivity index (χ1) is 12.6. The van der Waals surface area contributed by atoms with Crippen LogP contribution >= 0.6 is 0 Å². The fourth-order valence-electron chi connectivity index (χ4n) is 2.91. The highest BCUT2D eigenvalue weighted by Crippen LogP contribution is 2.29. The van der Waals surface area contributed by atoms with Gasteiger partial charge in [-0.15, -0.1) is 0 Å². The van der Waals surface area contributed by atoms with E-state index in [1.165, 1.54) is 0 Å². The molecule has 26 heavy (non-hydrogen) atoms. The number of aromatic nitrogens is 1. The summed E-state index contributed by atoms with van der Waals surface area (Å²) in [5.74, 6) is 1.09. The Hall–Kier alpha value is -3.08. The Morgan fingerprint density at radius 1 is 1.08 bits per heavy atom. The zero-order valence-electron chi connectivity index (χ0n) is 15.2. The highest BCUT2D eigenvalue weighted by molar-refractivity contribution is 6.00. The van der Waals surface area contributed by atoms with Crippen LogP contribution in [0.3, 0.4) is 0 Å². The summed E-state index contributed by atoms with van der Waals surface area (Å²) in [5, 5.41) is 4.00. The summed E-state index contributed by atoms with van der Waals surface area (Å²) in [6, 6.07) is 15.3. The second kappa shape index (κ2) is 7.87. The lowest BCUT2D eigenvalue weighted by Gasteiger charge is -2.15. The summed E-state index contributed by atoms with van der Waals surface area (Å²) in [6.07, 6.45) is 2.33. The van der Waals surface area contributed by atoms with E-state index in [2.05, 4.69) is 10.3 Å². The molecule has 1 heterocycles. The highest BCUT2D eigenvalue weighted by Gasteiger charge is 2.16. The van der Waals surface area contributed by atoms with Gasteiger partial charge < -0.3 is 14.8 Å². The predicted molar refractivity (Wildman–Crippen MR) is 103 cm³/mol. The molecule has 0 aliphatic rings. The SMILES string of the molecule is COc1ccc(CC(C)C(=O)Nc2cccc3cccnc23)cc1OC. The minimum absolute atomic E-state index is 0.0436. The van der Waals surface area contributed by atoms with Gasteiger partial charge in [0, 0.05) is 17.5 Å². The third-order valence-corrected chi connectivity index (χ3v) is 4.33. The first-order valence-corrected chi connectivity index (χ1v) is 8.48. The van der Waals surface area contributed by atoms with E-state index >= 15 is 0 Å². The van der Waals surface area contributed by atoms with E-state index < -0.39 is 0 Å².